The normalized spacial score (nSPS) is 24.0. The van der Waals surface area contributed by atoms with E-state index in [0.717, 1.165) is 0 Å². The molecule has 2 N–H and O–H groups in total. The maximum Gasteiger partial charge on any atom is 0.00585 e. The predicted molar refractivity (Wildman–Crippen MR) is 52.3 cm³/mol. The van der Waals surface area contributed by atoms with Gasteiger partial charge in [-0.1, -0.05) is 0 Å². The van der Waals surface area contributed by atoms with Crippen molar-refractivity contribution in [3.63, 3.8) is 0 Å². The zero-order valence-electron chi connectivity index (χ0n) is 7.07. The Morgan fingerprint density at radius 3 is 1.45 bits per heavy atom. The standard InChI is InChI=1S/C4H9NS.C4H9N/c1-3-6-4-2-5-1;1-2-4-5-3-1/h5H,1-4H2;5H,1-4H2. The van der Waals surface area contributed by atoms with Crippen LogP contribution in [0.25, 0.3) is 0 Å². The summed E-state index contributed by atoms with van der Waals surface area (Å²) in [6, 6.07) is 0. The van der Waals surface area contributed by atoms with Crippen LogP contribution in [-0.4, -0.2) is 37.7 Å². The summed E-state index contributed by atoms with van der Waals surface area (Å²) in [5, 5.41) is 6.49. The maximum absolute atomic E-state index is 3.26. The molecule has 0 atom stereocenters. The van der Waals surface area contributed by atoms with Crippen LogP contribution >= 0.6 is 11.8 Å². The number of nitrogens with one attached hydrogen (secondary N) is 2. The monoisotopic (exact) mass is 174 g/mol. The van der Waals surface area contributed by atoms with Gasteiger partial charge in [0, 0.05) is 24.6 Å². The van der Waals surface area contributed by atoms with E-state index in [1.165, 1.54) is 50.5 Å². The van der Waals surface area contributed by atoms with Gasteiger partial charge in [0.05, 0.1) is 0 Å². The van der Waals surface area contributed by atoms with Crippen LogP contribution in [0.1, 0.15) is 12.8 Å². The Hall–Kier alpha value is 0.270. The van der Waals surface area contributed by atoms with Gasteiger partial charge >= 0.3 is 0 Å². The molecule has 2 fully saturated rings. The van der Waals surface area contributed by atoms with E-state index in [9.17, 15) is 0 Å². The molecular weight excluding hydrogens is 156 g/mol. The second kappa shape index (κ2) is 6.95. The topological polar surface area (TPSA) is 24.1 Å². The third kappa shape index (κ3) is 5.53. The first-order chi connectivity index (χ1) is 5.50. The molecule has 0 aliphatic carbocycles. The van der Waals surface area contributed by atoms with Gasteiger partial charge in [-0.3, -0.25) is 0 Å². The summed E-state index contributed by atoms with van der Waals surface area (Å²) in [7, 11) is 0. The Morgan fingerprint density at radius 1 is 0.727 bits per heavy atom. The van der Waals surface area contributed by atoms with Gasteiger partial charge in [0.25, 0.3) is 0 Å². The Morgan fingerprint density at radius 2 is 1.27 bits per heavy atom. The average Bonchev–Trinajstić information content (AvgIpc) is 2.64. The van der Waals surface area contributed by atoms with Gasteiger partial charge in [0.1, 0.15) is 0 Å². The molecule has 2 nitrogen and oxygen atoms in total. The van der Waals surface area contributed by atoms with E-state index in [1.54, 1.807) is 0 Å². The summed E-state index contributed by atoms with van der Waals surface area (Å²) in [6.07, 6.45) is 2.78. The van der Waals surface area contributed by atoms with E-state index in [4.69, 9.17) is 0 Å². The lowest BCUT2D eigenvalue weighted by Crippen LogP contribution is -2.24. The second-order valence-corrected chi connectivity index (χ2v) is 4.04. The van der Waals surface area contributed by atoms with Crippen LogP contribution in [0.3, 0.4) is 0 Å². The van der Waals surface area contributed by atoms with E-state index >= 15 is 0 Å². The van der Waals surface area contributed by atoms with Crippen LogP contribution in [0, 0.1) is 0 Å². The number of rotatable bonds is 0. The van der Waals surface area contributed by atoms with Crippen LogP contribution in [-0.2, 0) is 0 Å². The molecule has 2 saturated heterocycles. The van der Waals surface area contributed by atoms with Crippen molar-refractivity contribution in [2.45, 2.75) is 12.8 Å². The van der Waals surface area contributed by atoms with Crippen LogP contribution in [0.4, 0.5) is 0 Å². The molecule has 2 heterocycles. The van der Waals surface area contributed by atoms with Crippen molar-refractivity contribution < 1.29 is 0 Å². The van der Waals surface area contributed by atoms with Gasteiger partial charge in [-0.05, 0) is 25.9 Å². The quantitative estimate of drug-likeness (QED) is 0.565. The van der Waals surface area contributed by atoms with Crippen molar-refractivity contribution in [1.82, 2.24) is 10.6 Å². The fourth-order valence-electron chi connectivity index (χ4n) is 1.14. The number of hydrogen-bond acceptors (Lipinski definition) is 3. The summed E-state index contributed by atoms with van der Waals surface area (Å²) >= 11 is 2.03. The van der Waals surface area contributed by atoms with Crippen LogP contribution < -0.4 is 10.6 Å². The van der Waals surface area contributed by atoms with E-state index in [0.29, 0.717) is 0 Å². The van der Waals surface area contributed by atoms with Crippen molar-refractivity contribution in [2.75, 3.05) is 37.7 Å². The summed E-state index contributed by atoms with van der Waals surface area (Å²) < 4.78 is 0. The Balaban J connectivity index is 0.000000112. The molecule has 0 spiro atoms. The highest BCUT2D eigenvalue weighted by atomic mass is 32.2. The number of hydrogen-bond donors (Lipinski definition) is 2. The van der Waals surface area contributed by atoms with Crippen LogP contribution in [0.2, 0.25) is 0 Å². The molecule has 2 rings (SSSR count). The minimum atomic E-state index is 1.21. The summed E-state index contributed by atoms with van der Waals surface area (Å²) in [5.41, 5.74) is 0. The van der Waals surface area contributed by atoms with Crippen molar-refractivity contribution in [3.05, 3.63) is 0 Å². The van der Waals surface area contributed by atoms with Gasteiger partial charge in [-0.25, -0.2) is 0 Å². The third-order valence-corrected chi connectivity index (χ3v) is 2.79. The molecule has 0 bridgehead atoms. The van der Waals surface area contributed by atoms with Crippen molar-refractivity contribution >= 4 is 11.8 Å². The van der Waals surface area contributed by atoms with Crippen molar-refractivity contribution in [1.29, 1.82) is 0 Å². The molecule has 0 aromatic rings. The first-order valence-corrected chi connectivity index (χ1v) is 5.65. The van der Waals surface area contributed by atoms with E-state index in [2.05, 4.69) is 10.6 Å². The lowest BCUT2D eigenvalue weighted by molar-refractivity contribution is 0.756. The highest BCUT2D eigenvalue weighted by Crippen LogP contribution is 1.99. The molecule has 0 aromatic carbocycles. The van der Waals surface area contributed by atoms with E-state index in [1.807, 2.05) is 11.8 Å². The van der Waals surface area contributed by atoms with Gasteiger partial charge in [0.15, 0.2) is 0 Å². The summed E-state index contributed by atoms with van der Waals surface area (Å²) in [4.78, 5) is 0. The smallest absolute Gasteiger partial charge is 0.00585 e. The first kappa shape index (κ1) is 9.36. The van der Waals surface area contributed by atoms with Gasteiger partial charge in [-0.15, -0.1) is 0 Å². The number of thioether (sulfide) groups is 1. The molecule has 0 amide bonds. The molecule has 0 radical (unpaired) electrons. The molecule has 0 aromatic heterocycles. The second-order valence-electron chi connectivity index (χ2n) is 2.82. The minimum Gasteiger partial charge on any atom is -0.317 e. The predicted octanol–water partition coefficient (Wildman–Crippen LogP) is 0.693. The highest BCUT2D eigenvalue weighted by molar-refractivity contribution is 7.99. The fourth-order valence-corrected chi connectivity index (χ4v) is 1.92. The van der Waals surface area contributed by atoms with Crippen LogP contribution in [0.15, 0.2) is 0 Å². The Bertz CT molecular complexity index is 61.0. The maximum atomic E-state index is 3.26. The SMILES string of the molecule is C1CCNC1.C1CSCCN1. The van der Waals surface area contributed by atoms with Gasteiger partial charge < -0.3 is 10.6 Å². The Kier molecular flexibility index (Phi) is 5.91. The first-order valence-electron chi connectivity index (χ1n) is 4.49. The molecule has 3 heteroatoms. The zero-order chi connectivity index (χ0) is 7.78. The van der Waals surface area contributed by atoms with Gasteiger partial charge in [0.2, 0.25) is 0 Å². The van der Waals surface area contributed by atoms with E-state index < -0.39 is 0 Å². The third-order valence-electron chi connectivity index (χ3n) is 1.80. The van der Waals surface area contributed by atoms with Gasteiger partial charge in [-0.2, -0.15) is 11.8 Å². The molecule has 0 saturated carbocycles. The average molecular weight is 174 g/mol. The lowest BCUT2D eigenvalue weighted by atomic mass is 10.4. The van der Waals surface area contributed by atoms with Crippen LogP contribution in [0.5, 0.6) is 0 Å². The summed E-state index contributed by atoms with van der Waals surface area (Å²) in [5.74, 6) is 2.61. The fraction of sp³-hybridized carbons (Fsp3) is 1.00. The van der Waals surface area contributed by atoms with E-state index in [-0.39, 0.29) is 0 Å². The molecule has 2 aliphatic rings. The molecule has 66 valence electrons. The molecular formula is C8H18N2S. The minimum absolute atomic E-state index is 1.21. The van der Waals surface area contributed by atoms with Crippen molar-refractivity contribution in [2.24, 2.45) is 0 Å². The molecule has 2 aliphatic heterocycles. The largest absolute Gasteiger partial charge is 0.317 e. The summed E-state index contributed by atoms with van der Waals surface area (Å²) in [6.45, 7) is 4.93. The highest BCUT2D eigenvalue weighted by Gasteiger charge is 1.94. The molecule has 0 unspecified atom stereocenters. The Labute approximate surface area is 73.5 Å². The lowest BCUT2D eigenvalue weighted by Gasteiger charge is -2.08. The zero-order valence-corrected chi connectivity index (χ0v) is 7.88. The molecule has 11 heavy (non-hydrogen) atoms. The van der Waals surface area contributed by atoms with Crippen molar-refractivity contribution in [3.8, 4) is 0 Å².